The molecule has 2 aliphatic rings. The van der Waals surface area contributed by atoms with Gasteiger partial charge in [0.2, 0.25) is 0 Å². The number of rotatable bonds is 3. The molecule has 1 saturated heterocycles. The second-order valence-electron chi connectivity index (χ2n) is 6.64. The lowest BCUT2D eigenvalue weighted by Gasteiger charge is -2.23. The molecule has 1 aliphatic heterocycles. The van der Waals surface area contributed by atoms with Crippen molar-refractivity contribution in [3.05, 3.63) is 59.7 Å². The number of aliphatic hydroxyl groups excluding tert-OH is 1. The summed E-state index contributed by atoms with van der Waals surface area (Å²) in [5.41, 5.74) is 4.45. The minimum atomic E-state index is -1.24. The SMILES string of the molecule is O=C(O)C1C(O)CCN1C(=O)OCC1c2ccccc2-c2ccccc21. The summed E-state index contributed by atoms with van der Waals surface area (Å²) in [6.07, 6.45) is -1.52. The van der Waals surface area contributed by atoms with Crippen molar-refractivity contribution in [1.82, 2.24) is 4.90 Å². The predicted molar refractivity (Wildman–Crippen MR) is 93.8 cm³/mol. The highest BCUT2D eigenvalue weighted by atomic mass is 16.6. The number of hydrogen-bond donors (Lipinski definition) is 2. The van der Waals surface area contributed by atoms with Gasteiger partial charge in [0, 0.05) is 12.5 Å². The Labute approximate surface area is 150 Å². The molecule has 1 amide bonds. The highest BCUT2D eigenvalue weighted by molar-refractivity contribution is 5.82. The van der Waals surface area contributed by atoms with E-state index >= 15 is 0 Å². The van der Waals surface area contributed by atoms with Crippen molar-refractivity contribution in [1.29, 1.82) is 0 Å². The first-order valence-corrected chi connectivity index (χ1v) is 8.60. The van der Waals surface area contributed by atoms with Crippen LogP contribution in [0.15, 0.2) is 48.5 Å². The number of carboxylic acids is 1. The Kier molecular flexibility index (Phi) is 4.12. The number of carbonyl (C=O) groups excluding carboxylic acids is 1. The number of ether oxygens (including phenoxy) is 1. The van der Waals surface area contributed by atoms with Gasteiger partial charge >= 0.3 is 12.1 Å². The molecule has 0 saturated carbocycles. The number of likely N-dealkylation sites (tertiary alicyclic amines) is 1. The van der Waals surface area contributed by atoms with E-state index < -0.39 is 24.2 Å². The molecule has 134 valence electrons. The van der Waals surface area contributed by atoms with E-state index in [1.165, 1.54) is 0 Å². The fourth-order valence-corrected chi connectivity index (χ4v) is 3.96. The lowest BCUT2D eigenvalue weighted by molar-refractivity contribution is -0.144. The number of hydrogen-bond acceptors (Lipinski definition) is 4. The van der Waals surface area contributed by atoms with Crippen LogP contribution in [0.1, 0.15) is 23.5 Å². The summed E-state index contributed by atoms with van der Waals surface area (Å²) in [7, 11) is 0. The van der Waals surface area contributed by atoms with Gasteiger partial charge in [0.1, 0.15) is 6.61 Å². The summed E-state index contributed by atoms with van der Waals surface area (Å²) >= 11 is 0. The zero-order valence-electron chi connectivity index (χ0n) is 14.0. The van der Waals surface area contributed by atoms with Crippen LogP contribution < -0.4 is 0 Å². The van der Waals surface area contributed by atoms with E-state index in [1.54, 1.807) is 0 Å². The molecule has 1 fully saturated rings. The standard InChI is InChI=1S/C20H19NO5/c22-17-9-10-21(18(17)19(23)24)20(25)26-11-16-14-7-3-1-5-12(14)13-6-2-4-8-15(13)16/h1-8,16-18,22H,9-11H2,(H,23,24). The Morgan fingerprint density at radius 2 is 1.62 bits per heavy atom. The van der Waals surface area contributed by atoms with Gasteiger partial charge in [0.15, 0.2) is 6.04 Å². The summed E-state index contributed by atoms with van der Waals surface area (Å²) in [5.74, 6) is -1.30. The molecule has 4 rings (SSSR count). The quantitative estimate of drug-likeness (QED) is 0.885. The molecule has 0 bridgehead atoms. The van der Waals surface area contributed by atoms with E-state index in [0.717, 1.165) is 27.2 Å². The second kappa shape index (κ2) is 6.46. The topological polar surface area (TPSA) is 87.1 Å². The predicted octanol–water partition coefficient (Wildman–Crippen LogP) is 2.46. The average molecular weight is 353 g/mol. The van der Waals surface area contributed by atoms with Gasteiger partial charge in [-0.05, 0) is 28.7 Å². The van der Waals surface area contributed by atoms with Gasteiger partial charge in [-0.2, -0.15) is 0 Å². The second-order valence-corrected chi connectivity index (χ2v) is 6.64. The van der Waals surface area contributed by atoms with Crippen LogP contribution in [0.4, 0.5) is 4.79 Å². The Hall–Kier alpha value is -2.86. The molecule has 2 aromatic rings. The van der Waals surface area contributed by atoms with Crippen molar-refractivity contribution in [2.45, 2.75) is 24.5 Å². The minimum Gasteiger partial charge on any atom is -0.480 e. The lowest BCUT2D eigenvalue weighted by atomic mass is 9.98. The number of nitrogens with zero attached hydrogens (tertiary/aromatic N) is 1. The van der Waals surface area contributed by atoms with E-state index in [0.29, 0.717) is 0 Å². The third-order valence-corrected chi connectivity index (χ3v) is 5.19. The van der Waals surface area contributed by atoms with Crippen LogP contribution in [-0.4, -0.2) is 52.5 Å². The van der Waals surface area contributed by atoms with Crippen LogP contribution in [0.3, 0.4) is 0 Å². The minimum absolute atomic E-state index is 0.0813. The normalized spacial score (nSPS) is 21.3. The number of aliphatic carboxylic acids is 1. The summed E-state index contributed by atoms with van der Waals surface area (Å²) in [5, 5.41) is 19.0. The van der Waals surface area contributed by atoms with Crippen LogP contribution in [0.2, 0.25) is 0 Å². The smallest absolute Gasteiger partial charge is 0.410 e. The van der Waals surface area contributed by atoms with Crippen molar-refractivity contribution in [2.24, 2.45) is 0 Å². The summed E-state index contributed by atoms with van der Waals surface area (Å²) in [6, 6.07) is 14.8. The van der Waals surface area contributed by atoms with Crippen LogP contribution >= 0.6 is 0 Å². The molecule has 1 aliphatic carbocycles. The molecule has 1 heterocycles. The Bertz CT molecular complexity index is 819. The molecular formula is C20H19NO5. The number of carbonyl (C=O) groups is 2. The fourth-order valence-electron chi connectivity index (χ4n) is 3.96. The summed E-state index contributed by atoms with van der Waals surface area (Å²) < 4.78 is 5.46. The maximum atomic E-state index is 12.4. The number of fused-ring (bicyclic) bond motifs is 3. The van der Waals surface area contributed by atoms with Gasteiger partial charge in [0.05, 0.1) is 6.10 Å². The zero-order chi connectivity index (χ0) is 18.3. The van der Waals surface area contributed by atoms with Gasteiger partial charge in [-0.3, -0.25) is 4.90 Å². The molecular weight excluding hydrogens is 334 g/mol. The van der Waals surface area contributed by atoms with Crippen LogP contribution in [0, 0.1) is 0 Å². The molecule has 6 heteroatoms. The molecule has 2 aromatic carbocycles. The van der Waals surface area contributed by atoms with E-state index in [1.807, 2.05) is 48.5 Å². The summed E-state index contributed by atoms with van der Waals surface area (Å²) in [6.45, 7) is 0.306. The molecule has 0 radical (unpaired) electrons. The Morgan fingerprint density at radius 1 is 1.04 bits per heavy atom. The Balaban J connectivity index is 1.53. The number of aliphatic hydroxyl groups is 1. The van der Waals surface area contributed by atoms with E-state index in [2.05, 4.69) is 0 Å². The number of amides is 1. The first-order valence-electron chi connectivity index (χ1n) is 8.60. The van der Waals surface area contributed by atoms with Gasteiger partial charge in [-0.1, -0.05) is 48.5 Å². The van der Waals surface area contributed by atoms with Gasteiger partial charge in [-0.25, -0.2) is 9.59 Å². The van der Waals surface area contributed by atoms with E-state index in [4.69, 9.17) is 4.74 Å². The molecule has 2 unspecified atom stereocenters. The Morgan fingerprint density at radius 3 is 2.19 bits per heavy atom. The van der Waals surface area contributed by atoms with Crippen LogP contribution in [0.5, 0.6) is 0 Å². The number of carboxylic acid groups (broad SMARTS) is 1. The van der Waals surface area contributed by atoms with Crippen molar-refractivity contribution in [3.8, 4) is 11.1 Å². The summed E-state index contributed by atoms with van der Waals surface area (Å²) in [4.78, 5) is 24.8. The fraction of sp³-hybridized carbons (Fsp3) is 0.300. The molecule has 0 aromatic heterocycles. The van der Waals surface area contributed by atoms with Gasteiger partial charge in [-0.15, -0.1) is 0 Å². The maximum Gasteiger partial charge on any atom is 0.410 e. The molecule has 0 spiro atoms. The third-order valence-electron chi connectivity index (χ3n) is 5.19. The zero-order valence-corrected chi connectivity index (χ0v) is 14.0. The van der Waals surface area contributed by atoms with Crippen molar-refractivity contribution in [3.63, 3.8) is 0 Å². The van der Waals surface area contributed by atoms with Crippen molar-refractivity contribution in [2.75, 3.05) is 13.2 Å². The van der Waals surface area contributed by atoms with Gasteiger partial charge < -0.3 is 14.9 Å². The maximum absolute atomic E-state index is 12.4. The lowest BCUT2D eigenvalue weighted by Crippen LogP contribution is -2.45. The van der Waals surface area contributed by atoms with Crippen molar-refractivity contribution < 1.29 is 24.5 Å². The molecule has 2 atom stereocenters. The first-order chi connectivity index (χ1) is 12.6. The van der Waals surface area contributed by atoms with Crippen LogP contribution in [-0.2, 0) is 9.53 Å². The first kappa shape index (κ1) is 16.6. The van der Waals surface area contributed by atoms with E-state index in [9.17, 15) is 19.8 Å². The van der Waals surface area contributed by atoms with Crippen molar-refractivity contribution >= 4 is 12.1 Å². The highest BCUT2D eigenvalue weighted by Crippen LogP contribution is 2.44. The largest absolute Gasteiger partial charge is 0.480 e. The van der Waals surface area contributed by atoms with E-state index in [-0.39, 0.29) is 25.5 Å². The average Bonchev–Trinajstić information content (AvgIpc) is 3.18. The van der Waals surface area contributed by atoms with Gasteiger partial charge in [0.25, 0.3) is 0 Å². The number of benzene rings is 2. The molecule has 26 heavy (non-hydrogen) atoms. The third kappa shape index (κ3) is 2.63. The molecule has 2 N–H and O–H groups in total. The highest BCUT2D eigenvalue weighted by Gasteiger charge is 2.42. The van der Waals surface area contributed by atoms with Crippen LogP contribution in [0.25, 0.3) is 11.1 Å². The molecule has 6 nitrogen and oxygen atoms in total. The monoisotopic (exact) mass is 353 g/mol.